The summed E-state index contributed by atoms with van der Waals surface area (Å²) in [5, 5.41) is 4.94. The number of para-hydroxylation sites is 1. The molecular formula is C47H36N2. The SMILES string of the molecule is Cc1cccc(N(c2ccc(C=Cc3ccc(N(c4ccccc4)c4ccc5ccccc5c4)cc3)cc2)c2ccc3ccccc3c2)c1. The van der Waals surface area contributed by atoms with Crippen LogP contribution >= 0.6 is 0 Å². The van der Waals surface area contributed by atoms with Crippen molar-refractivity contribution in [2.24, 2.45) is 0 Å². The number of hydrogen-bond acceptors (Lipinski definition) is 2. The summed E-state index contributed by atoms with van der Waals surface area (Å²) >= 11 is 0. The molecule has 0 fully saturated rings. The molecule has 0 amide bonds. The lowest BCUT2D eigenvalue weighted by Gasteiger charge is -2.26. The summed E-state index contributed by atoms with van der Waals surface area (Å²) in [5.74, 6) is 0. The van der Waals surface area contributed by atoms with Crippen LogP contribution in [0.2, 0.25) is 0 Å². The van der Waals surface area contributed by atoms with E-state index >= 15 is 0 Å². The average molecular weight is 629 g/mol. The lowest BCUT2D eigenvalue weighted by atomic mass is 10.1. The molecule has 0 aliphatic rings. The van der Waals surface area contributed by atoms with Gasteiger partial charge < -0.3 is 9.80 Å². The van der Waals surface area contributed by atoms with E-state index in [1.54, 1.807) is 0 Å². The fourth-order valence-electron chi connectivity index (χ4n) is 6.53. The van der Waals surface area contributed by atoms with E-state index in [0.717, 1.165) is 45.3 Å². The van der Waals surface area contributed by atoms with Gasteiger partial charge in [0.1, 0.15) is 0 Å². The Balaban J connectivity index is 1.06. The maximum absolute atomic E-state index is 2.33. The lowest BCUT2D eigenvalue weighted by Crippen LogP contribution is -2.10. The van der Waals surface area contributed by atoms with Crippen molar-refractivity contribution in [3.63, 3.8) is 0 Å². The minimum absolute atomic E-state index is 1.12. The first-order valence-corrected chi connectivity index (χ1v) is 16.8. The maximum Gasteiger partial charge on any atom is 0.0468 e. The van der Waals surface area contributed by atoms with Crippen molar-refractivity contribution in [3.8, 4) is 0 Å². The molecule has 0 unspecified atom stereocenters. The Morgan fingerprint density at radius 2 is 0.694 bits per heavy atom. The third-order valence-electron chi connectivity index (χ3n) is 9.03. The molecule has 0 saturated heterocycles. The van der Waals surface area contributed by atoms with Crippen LogP contribution in [-0.4, -0.2) is 0 Å². The number of fused-ring (bicyclic) bond motifs is 2. The predicted molar refractivity (Wildman–Crippen MR) is 211 cm³/mol. The molecule has 2 heteroatoms. The summed E-state index contributed by atoms with van der Waals surface area (Å²) in [6.07, 6.45) is 4.37. The van der Waals surface area contributed by atoms with Gasteiger partial charge in [-0.05, 0) is 118 Å². The van der Waals surface area contributed by atoms with Crippen LogP contribution in [0, 0.1) is 6.92 Å². The number of nitrogens with zero attached hydrogens (tertiary/aromatic N) is 2. The second-order valence-corrected chi connectivity index (χ2v) is 12.4. The number of hydrogen-bond donors (Lipinski definition) is 0. The Bertz CT molecular complexity index is 2390. The molecule has 234 valence electrons. The molecule has 0 aromatic heterocycles. The molecule has 8 aromatic carbocycles. The summed E-state index contributed by atoms with van der Waals surface area (Å²) < 4.78 is 0. The van der Waals surface area contributed by atoms with E-state index < -0.39 is 0 Å². The summed E-state index contributed by atoms with van der Waals surface area (Å²) in [5.41, 5.74) is 10.3. The van der Waals surface area contributed by atoms with Gasteiger partial charge in [0, 0.05) is 34.1 Å². The molecule has 0 atom stereocenters. The molecule has 2 nitrogen and oxygen atoms in total. The third kappa shape index (κ3) is 6.45. The van der Waals surface area contributed by atoms with Crippen molar-refractivity contribution in [1.29, 1.82) is 0 Å². The van der Waals surface area contributed by atoms with E-state index in [0.29, 0.717) is 0 Å². The van der Waals surface area contributed by atoms with Crippen LogP contribution in [0.1, 0.15) is 16.7 Å². The average Bonchev–Trinajstić information content (AvgIpc) is 3.16. The highest BCUT2D eigenvalue weighted by Gasteiger charge is 2.14. The second kappa shape index (κ2) is 13.4. The number of rotatable bonds is 8. The Morgan fingerprint density at radius 1 is 0.306 bits per heavy atom. The lowest BCUT2D eigenvalue weighted by molar-refractivity contribution is 1.27. The standard InChI is InChI=1S/C47H36N2/c1-35-10-9-17-45(32-35)49(47-31-25-39-12-6-8-14-41(39)34-47)44-28-22-37(23-29-44)19-18-36-20-26-43(27-21-36)48(42-15-3-2-4-16-42)46-30-24-38-11-5-7-13-40(38)33-46/h2-34H,1H3. The molecule has 0 heterocycles. The summed E-state index contributed by atoms with van der Waals surface area (Å²) in [6, 6.07) is 67.2. The quantitative estimate of drug-likeness (QED) is 0.155. The zero-order valence-electron chi connectivity index (χ0n) is 27.4. The monoisotopic (exact) mass is 628 g/mol. The van der Waals surface area contributed by atoms with Crippen LogP contribution in [0.15, 0.2) is 188 Å². The van der Waals surface area contributed by atoms with Crippen LogP contribution in [0.3, 0.4) is 0 Å². The Labute approximate surface area is 288 Å². The highest BCUT2D eigenvalue weighted by molar-refractivity contribution is 5.91. The van der Waals surface area contributed by atoms with Crippen LogP contribution in [0.25, 0.3) is 33.7 Å². The van der Waals surface area contributed by atoms with Crippen molar-refractivity contribution < 1.29 is 0 Å². The first-order chi connectivity index (χ1) is 24.2. The minimum Gasteiger partial charge on any atom is -0.310 e. The van der Waals surface area contributed by atoms with Crippen molar-refractivity contribution >= 4 is 67.8 Å². The van der Waals surface area contributed by atoms with E-state index in [2.05, 4.69) is 217 Å². The normalized spacial score (nSPS) is 11.3. The van der Waals surface area contributed by atoms with Gasteiger partial charge in [-0.3, -0.25) is 0 Å². The van der Waals surface area contributed by atoms with E-state index in [-0.39, 0.29) is 0 Å². The van der Waals surface area contributed by atoms with E-state index in [1.807, 2.05) is 0 Å². The van der Waals surface area contributed by atoms with Crippen LogP contribution < -0.4 is 9.80 Å². The fraction of sp³-hybridized carbons (Fsp3) is 0.0213. The molecule has 0 aliphatic heterocycles. The van der Waals surface area contributed by atoms with Gasteiger partial charge in [0.2, 0.25) is 0 Å². The van der Waals surface area contributed by atoms with Gasteiger partial charge in [-0.25, -0.2) is 0 Å². The highest BCUT2D eigenvalue weighted by atomic mass is 15.1. The molecule has 8 aromatic rings. The zero-order chi connectivity index (χ0) is 33.0. The Kier molecular flexibility index (Phi) is 8.19. The molecule has 0 saturated carbocycles. The van der Waals surface area contributed by atoms with Gasteiger partial charge in [-0.15, -0.1) is 0 Å². The molecule has 8 rings (SSSR count). The topological polar surface area (TPSA) is 6.48 Å². The summed E-state index contributed by atoms with van der Waals surface area (Å²) in [6.45, 7) is 2.14. The Hall–Kier alpha value is -6.38. The molecule has 0 radical (unpaired) electrons. The van der Waals surface area contributed by atoms with Crippen molar-refractivity contribution in [1.82, 2.24) is 0 Å². The van der Waals surface area contributed by atoms with E-state index in [4.69, 9.17) is 0 Å². The van der Waals surface area contributed by atoms with Crippen molar-refractivity contribution in [3.05, 3.63) is 205 Å². The van der Waals surface area contributed by atoms with Crippen molar-refractivity contribution in [2.75, 3.05) is 9.80 Å². The van der Waals surface area contributed by atoms with Gasteiger partial charge in [0.25, 0.3) is 0 Å². The second-order valence-electron chi connectivity index (χ2n) is 12.4. The van der Waals surface area contributed by atoms with Crippen LogP contribution in [-0.2, 0) is 0 Å². The highest BCUT2D eigenvalue weighted by Crippen LogP contribution is 2.38. The Morgan fingerprint density at radius 3 is 1.20 bits per heavy atom. The third-order valence-corrected chi connectivity index (χ3v) is 9.03. The predicted octanol–water partition coefficient (Wildman–Crippen LogP) is 13.4. The number of benzene rings is 8. The van der Waals surface area contributed by atoms with Gasteiger partial charge >= 0.3 is 0 Å². The van der Waals surface area contributed by atoms with Gasteiger partial charge in [0.05, 0.1) is 0 Å². The van der Waals surface area contributed by atoms with Gasteiger partial charge in [0.15, 0.2) is 0 Å². The minimum atomic E-state index is 1.12. The fourth-order valence-corrected chi connectivity index (χ4v) is 6.53. The molecular weight excluding hydrogens is 593 g/mol. The van der Waals surface area contributed by atoms with Crippen LogP contribution in [0.4, 0.5) is 34.1 Å². The van der Waals surface area contributed by atoms with E-state index in [9.17, 15) is 0 Å². The number of anilines is 6. The van der Waals surface area contributed by atoms with Gasteiger partial charge in [-0.2, -0.15) is 0 Å². The summed E-state index contributed by atoms with van der Waals surface area (Å²) in [4.78, 5) is 4.65. The van der Waals surface area contributed by atoms with Crippen LogP contribution in [0.5, 0.6) is 0 Å². The molecule has 0 aliphatic carbocycles. The molecule has 49 heavy (non-hydrogen) atoms. The maximum atomic E-state index is 2.33. The van der Waals surface area contributed by atoms with Gasteiger partial charge in [-0.1, -0.05) is 127 Å². The zero-order valence-corrected chi connectivity index (χ0v) is 27.4. The van der Waals surface area contributed by atoms with Crippen molar-refractivity contribution in [2.45, 2.75) is 6.92 Å². The first kappa shape index (κ1) is 30.0. The molecule has 0 spiro atoms. The first-order valence-electron chi connectivity index (χ1n) is 16.8. The smallest absolute Gasteiger partial charge is 0.0468 e. The number of aryl methyl sites for hydroxylation is 1. The largest absolute Gasteiger partial charge is 0.310 e. The van der Waals surface area contributed by atoms with E-state index in [1.165, 1.54) is 27.1 Å². The molecule has 0 bridgehead atoms. The summed E-state index contributed by atoms with van der Waals surface area (Å²) in [7, 11) is 0. The molecule has 0 N–H and O–H groups in total.